The maximum atomic E-state index is 11.2. The number of hydrogen-bond donors (Lipinski definition) is 2. The minimum absolute atomic E-state index is 0.00139. The summed E-state index contributed by atoms with van der Waals surface area (Å²) in [6.07, 6.45) is -2.01. The van der Waals surface area contributed by atoms with Crippen LogP contribution in [0.15, 0.2) is 11.4 Å². The van der Waals surface area contributed by atoms with Crippen LogP contribution >= 0.6 is 11.3 Å². The molecule has 2 N–H and O–H groups in total. The van der Waals surface area contributed by atoms with Crippen molar-refractivity contribution in [3.8, 4) is 5.75 Å². The van der Waals surface area contributed by atoms with E-state index in [0.717, 1.165) is 11.3 Å². The lowest BCUT2D eigenvalue weighted by molar-refractivity contribution is 0.0644. The van der Waals surface area contributed by atoms with Crippen LogP contribution in [0.25, 0.3) is 0 Å². The van der Waals surface area contributed by atoms with Gasteiger partial charge < -0.3 is 14.9 Å². The Morgan fingerprint density at radius 2 is 2.18 bits per heavy atom. The lowest BCUT2D eigenvalue weighted by Crippen LogP contribution is -2.30. The van der Waals surface area contributed by atoms with Crippen LogP contribution in [0.4, 0.5) is 0 Å². The molecule has 0 radical (unpaired) electrons. The SMILES string of the molecule is O=C(O)c1sccc1OC1CS(=O)(=O)CC1O. The Kier molecular flexibility index (Phi) is 3.11. The molecule has 0 aromatic carbocycles. The summed E-state index contributed by atoms with van der Waals surface area (Å²) in [5, 5.41) is 19.9. The Hall–Kier alpha value is -1.12. The van der Waals surface area contributed by atoms with E-state index in [1.54, 1.807) is 0 Å². The zero-order valence-corrected chi connectivity index (χ0v) is 10.2. The standard InChI is InChI=1S/C9H10O6S2/c10-5-3-17(13,14)4-7(5)15-6-1-2-16-8(6)9(11)12/h1-2,5,7,10H,3-4H2,(H,11,12). The third-order valence-corrected chi connectivity index (χ3v) is 4.94. The van der Waals surface area contributed by atoms with Gasteiger partial charge in [-0.05, 0) is 11.4 Å². The molecule has 0 aliphatic carbocycles. The van der Waals surface area contributed by atoms with E-state index < -0.39 is 28.0 Å². The summed E-state index contributed by atoms with van der Waals surface area (Å²) >= 11 is 0.987. The smallest absolute Gasteiger partial charge is 0.349 e. The second-order valence-electron chi connectivity index (χ2n) is 3.72. The van der Waals surface area contributed by atoms with E-state index in [9.17, 15) is 18.3 Å². The highest BCUT2D eigenvalue weighted by Gasteiger charge is 2.38. The van der Waals surface area contributed by atoms with Crippen LogP contribution in [0.5, 0.6) is 5.75 Å². The van der Waals surface area contributed by atoms with Crippen LogP contribution in [0.3, 0.4) is 0 Å². The van der Waals surface area contributed by atoms with Gasteiger partial charge in [-0.1, -0.05) is 0 Å². The first-order valence-electron chi connectivity index (χ1n) is 4.75. The predicted molar refractivity (Wildman–Crippen MR) is 60.4 cm³/mol. The van der Waals surface area contributed by atoms with E-state index in [4.69, 9.17) is 9.84 Å². The highest BCUT2D eigenvalue weighted by atomic mass is 32.2. The molecule has 1 saturated heterocycles. The van der Waals surface area contributed by atoms with Crippen molar-refractivity contribution >= 4 is 27.1 Å². The molecule has 0 spiro atoms. The van der Waals surface area contributed by atoms with Crippen molar-refractivity contribution < 1.29 is 28.2 Å². The molecular formula is C9H10O6S2. The van der Waals surface area contributed by atoms with Gasteiger partial charge in [0, 0.05) is 0 Å². The molecule has 1 fully saturated rings. The molecule has 1 aromatic rings. The summed E-state index contributed by atoms with van der Waals surface area (Å²) in [7, 11) is -3.30. The van der Waals surface area contributed by atoms with Crippen molar-refractivity contribution in [1.82, 2.24) is 0 Å². The maximum Gasteiger partial charge on any atom is 0.349 e. The molecule has 0 saturated carbocycles. The monoisotopic (exact) mass is 278 g/mol. The normalized spacial score (nSPS) is 26.9. The number of aliphatic hydroxyl groups is 1. The zero-order valence-electron chi connectivity index (χ0n) is 8.57. The number of thiophene rings is 1. The zero-order chi connectivity index (χ0) is 12.6. The third kappa shape index (κ3) is 2.59. The Labute approximate surface area is 101 Å². The molecule has 1 aliphatic heterocycles. The number of hydrogen-bond acceptors (Lipinski definition) is 6. The number of aliphatic hydroxyl groups excluding tert-OH is 1. The molecule has 8 heteroatoms. The van der Waals surface area contributed by atoms with Gasteiger partial charge in [-0.3, -0.25) is 0 Å². The van der Waals surface area contributed by atoms with Gasteiger partial charge in [0.1, 0.15) is 18.0 Å². The first-order chi connectivity index (χ1) is 7.89. The van der Waals surface area contributed by atoms with Gasteiger partial charge in [0.2, 0.25) is 0 Å². The van der Waals surface area contributed by atoms with Gasteiger partial charge in [0.15, 0.2) is 14.7 Å². The van der Waals surface area contributed by atoms with Crippen LogP contribution in [0, 0.1) is 0 Å². The molecule has 2 rings (SSSR count). The minimum Gasteiger partial charge on any atom is -0.485 e. The summed E-state index contributed by atoms with van der Waals surface area (Å²) in [5.41, 5.74) is 0. The van der Waals surface area contributed by atoms with Crippen molar-refractivity contribution in [3.05, 3.63) is 16.3 Å². The predicted octanol–water partition coefficient (Wildman–Crippen LogP) is -0.0170. The summed E-state index contributed by atoms with van der Waals surface area (Å²) < 4.78 is 27.7. The first kappa shape index (κ1) is 12.3. The number of aromatic carboxylic acids is 1. The summed E-state index contributed by atoms with van der Waals surface area (Å²) in [5.74, 6) is -1.67. The lowest BCUT2D eigenvalue weighted by atomic mass is 10.2. The van der Waals surface area contributed by atoms with Crippen molar-refractivity contribution in [1.29, 1.82) is 0 Å². The number of carboxylic acids is 1. The van der Waals surface area contributed by atoms with E-state index in [0.29, 0.717) is 0 Å². The van der Waals surface area contributed by atoms with Gasteiger partial charge in [0.05, 0.1) is 11.5 Å². The Bertz CT molecular complexity index is 531. The van der Waals surface area contributed by atoms with Gasteiger partial charge in [-0.15, -0.1) is 11.3 Å². The molecule has 1 aliphatic rings. The molecule has 94 valence electrons. The molecular weight excluding hydrogens is 268 g/mol. The summed E-state index contributed by atoms with van der Waals surface area (Å²) in [6, 6.07) is 1.45. The number of sulfone groups is 1. The summed E-state index contributed by atoms with van der Waals surface area (Å²) in [6.45, 7) is 0. The van der Waals surface area contributed by atoms with Crippen molar-refractivity contribution in [2.45, 2.75) is 12.2 Å². The van der Waals surface area contributed by atoms with Gasteiger partial charge in [-0.25, -0.2) is 13.2 Å². The highest BCUT2D eigenvalue weighted by Crippen LogP contribution is 2.28. The number of rotatable bonds is 3. The fourth-order valence-corrected chi connectivity index (χ4v) is 3.94. The molecule has 2 heterocycles. The molecule has 1 aromatic heterocycles. The van der Waals surface area contributed by atoms with Gasteiger partial charge in [0.25, 0.3) is 0 Å². The average Bonchev–Trinajstić information content (AvgIpc) is 2.72. The lowest BCUT2D eigenvalue weighted by Gasteiger charge is -2.14. The largest absolute Gasteiger partial charge is 0.485 e. The Balaban J connectivity index is 2.17. The quantitative estimate of drug-likeness (QED) is 0.806. The first-order valence-corrected chi connectivity index (χ1v) is 7.45. The number of carboxylic acid groups (broad SMARTS) is 1. The van der Waals surface area contributed by atoms with Crippen LogP contribution in [0.1, 0.15) is 9.67 Å². The molecule has 2 atom stereocenters. The molecule has 2 unspecified atom stereocenters. The van der Waals surface area contributed by atoms with E-state index in [1.165, 1.54) is 11.4 Å². The molecule has 17 heavy (non-hydrogen) atoms. The Morgan fingerprint density at radius 3 is 2.71 bits per heavy atom. The van der Waals surface area contributed by atoms with Crippen LogP contribution in [-0.2, 0) is 9.84 Å². The van der Waals surface area contributed by atoms with Gasteiger partial charge >= 0.3 is 5.97 Å². The molecule has 0 bridgehead atoms. The third-order valence-electron chi connectivity index (χ3n) is 2.37. The van der Waals surface area contributed by atoms with Gasteiger partial charge in [-0.2, -0.15) is 0 Å². The fourth-order valence-electron chi connectivity index (χ4n) is 1.62. The van der Waals surface area contributed by atoms with Crippen molar-refractivity contribution in [2.24, 2.45) is 0 Å². The van der Waals surface area contributed by atoms with E-state index >= 15 is 0 Å². The minimum atomic E-state index is -3.30. The maximum absolute atomic E-state index is 11.2. The molecule has 0 amide bonds. The number of carbonyl (C=O) groups is 1. The highest BCUT2D eigenvalue weighted by molar-refractivity contribution is 7.91. The van der Waals surface area contributed by atoms with E-state index in [1.807, 2.05) is 0 Å². The molecule has 6 nitrogen and oxygen atoms in total. The fraction of sp³-hybridized carbons (Fsp3) is 0.444. The van der Waals surface area contributed by atoms with Crippen LogP contribution < -0.4 is 4.74 Å². The van der Waals surface area contributed by atoms with Crippen LogP contribution in [-0.4, -0.2) is 48.3 Å². The van der Waals surface area contributed by atoms with Crippen LogP contribution in [0.2, 0.25) is 0 Å². The Morgan fingerprint density at radius 1 is 1.47 bits per heavy atom. The van der Waals surface area contributed by atoms with Crippen molar-refractivity contribution in [2.75, 3.05) is 11.5 Å². The summed E-state index contributed by atoms with van der Waals surface area (Å²) in [4.78, 5) is 10.8. The number of ether oxygens (including phenoxy) is 1. The second-order valence-corrected chi connectivity index (χ2v) is 6.79. The topological polar surface area (TPSA) is 101 Å². The average molecular weight is 278 g/mol. The van der Waals surface area contributed by atoms with E-state index in [-0.39, 0.29) is 22.1 Å². The van der Waals surface area contributed by atoms with E-state index in [2.05, 4.69) is 0 Å². The van der Waals surface area contributed by atoms with Crippen molar-refractivity contribution in [3.63, 3.8) is 0 Å². The second kappa shape index (κ2) is 4.28.